The summed E-state index contributed by atoms with van der Waals surface area (Å²) >= 11 is 5.93. The van der Waals surface area contributed by atoms with E-state index in [1.165, 1.54) is 0 Å². The van der Waals surface area contributed by atoms with Crippen LogP contribution in [-0.2, 0) is 0 Å². The van der Waals surface area contributed by atoms with E-state index in [1.54, 1.807) is 6.07 Å². The van der Waals surface area contributed by atoms with Crippen molar-refractivity contribution >= 4 is 17.5 Å². The molecule has 1 aromatic carbocycles. The molecule has 0 saturated heterocycles. The number of aryl methyl sites for hydroxylation is 1. The first kappa shape index (κ1) is 14.1. The molecule has 0 bridgehead atoms. The van der Waals surface area contributed by atoms with Gasteiger partial charge in [0.2, 0.25) is 5.76 Å². The molecule has 0 radical (unpaired) electrons. The normalized spacial score (nSPS) is 15.8. The molecule has 1 saturated carbocycles. The van der Waals surface area contributed by atoms with Crippen LogP contribution in [0.25, 0.3) is 0 Å². The predicted octanol–water partition coefficient (Wildman–Crippen LogP) is 4.00. The van der Waals surface area contributed by atoms with Gasteiger partial charge in [0.25, 0.3) is 5.91 Å². The first-order valence-corrected chi connectivity index (χ1v) is 7.45. The maximum atomic E-state index is 12.7. The van der Waals surface area contributed by atoms with Crippen LogP contribution >= 0.6 is 11.6 Å². The Hall–Kier alpha value is -1.81. The van der Waals surface area contributed by atoms with Crippen LogP contribution < -0.4 is 0 Å². The third-order valence-corrected chi connectivity index (χ3v) is 4.04. The van der Waals surface area contributed by atoms with Gasteiger partial charge in [0.1, 0.15) is 0 Å². The van der Waals surface area contributed by atoms with Crippen LogP contribution in [0.1, 0.15) is 47.6 Å². The summed E-state index contributed by atoms with van der Waals surface area (Å²) in [5, 5.41) is 4.50. The Kier molecular flexibility index (Phi) is 3.72. The lowest BCUT2D eigenvalue weighted by molar-refractivity contribution is 0.0631. The van der Waals surface area contributed by atoms with Gasteiger partial charge in [0.05, 0.1) is 11.7 Å². The molecule has 1 amide bonds. The van der Waals surface area contributed by atoms with Crippen molar-refractivity contribution in [1.82, 2.24) is 10.1 Å². The van der Waals surface area contributed by atoms with E-state index in [0.29, 0.717) is 16.5 Å². The lowest BCUT2D eigenvalue weighted by Gasteiger charge is -2.28. The van der Waals surface area contributed by atoms with E-state index in [9.17, 15) is 4.79 Å². The minimum atomic E-state index is -0.0967. The zero-order chi connectivity index (χ0) is 15.0. The molecule has 1 aliphatic rings. The Morgan fingerprint density at radius 1 is 1.38 bits per heavy atom. The Balaban J connectivity index is 1.87. The highest BCUT2D eigenvalue weighted by molar-refractivity contribution is 6.30. The summed E-state index contributed by atoms with van der Waals surface area (Å²) in [6, 6.07) is 9.57. The Morgan fingerprint density at radius 2 is 2.05 bits per heavy atom. The number of rotatable bonds is 4. The molecule has 4 nitrogen and oxygen atoms in total. The first-order valence-electron chi connectivity index (χ1n) is 7.07. The van der Waals surface area contributed by atoms with Gasteiger partial charge < -0.3 is 9.42 Å². The van der Waals surface area contributed by atoms with Crippen LogP contribution in [0.15, 0.2) is 34.9 Å². The van der Waals surface area contributed by atoms with Gasteiger partial charge in [-0.15, -0.1) is 0 Å². The van der Waals surface area contributed by atoms with Gasteiger partial charge in [0, 0.05) is 17.1 Å². The molecule has 21 heavy (non-hydrogen) atoms. The molecular weight excluding hydrogens is 288 g/mol. The molecule has 1 heterocycles. The fourth-order valence-corrected chi connectivity index (χ4v) is 2.63. The fraction of sp³-hybridized carbons (Fsp3) is 0.375. The summed E-state index contributed by atoms with van der Waals surface area (Å²) < 4.78 is 5.13. The summed E-state index contributed by atoms with van der Waals surface area (Å²) in [6.45, 7) is 3.84. The highest BCUT2D eigenvalue weighted by Crippen LogP contribution is 2.35. The van der Waals surface area contributed by atoms with Gasteiger partial charge in [-0.3, -0.25) is 4.79 Å². The van der Waals surface area contributed by atoms with Crippen molar-refractivity contribution in [2.75, 3.05) is 0 Å². The Morgan fingerprint density at radius 3 is 2.57 bits per heavy atom. The van der Waals surface area contributed by atoms with E-state index < -0.39 is 0 Å². The molecule has 0 spiro atoms. The number of halogens is 1. The number of hydrogen-bond acceptors (Lipinski definition) is 3. The Labute approximate surface area is 128 Å². The van der Waals surface area contributed by atoms with Crippen LogP contribution in [-0.4, -0.2) is 22.0 Å². The van der Waals surface area contributed by atoms with Crippen molar-refractivity contribution in [3.05, 3.63) is 52.4 Å². The van der Waals surface area contributed by atoms with Crippen LogP contribution in [0.4, 0.5) is 0 Å². The van der Waals surface area contributed by atoms with Crippen LogP contribution in [0, 0.1) is 6.92 Å². The maximum absolute atomic E-state index is 12.7. The largest absolute Gasteiger partial charge is 0.351 e. The van der Waals surface area contributed by atoms with Crippen molar-refractivity contribution in [3.8, 4) is 0 Å². The van der Waals surface area contributed by atoms with Gasteiger partial charge in [0.15, 0.2) is 0 Å². The van der Waals surface area contributed by atoms with Gasteiger partial charge in [-0.2, -0.15) is 0 Å². The topological polar surface area (TPSA) is 46.3 Å². The highest BCUT2D eigenvalue weighted by Gasteiger charge is 2.38. The number of hydrogen-bond donors (Lipinski definition) is 0. The van der Waals surface area contributed by atoms with E-state index in [4.69, 9.17) is 16.1 Å². The minimum absolute atomic E-state index is 0.0207. The summed E-state index contributed by atoms with van der Waals surface area (Å²) in [5.74, 6) is 0.209. The standard InChI is InChI=1S/C16H17ClN2O2/c1-10-9-15(21-18-10)16(20)19(14-7-8-14)11(2)12-3-5-13(17)6-4-12/h3-6,9,11,14H,7-8H2,1-2H3. The minimum Gasteiger partial charge on any atom is -0.351 e. The van der Waals surface area contributed by atoms with Gasteiger partial charge >= 0.3 is 0 Å². The maximum Gasteiger partial charge on any atom is 0.293 e. The first-order chi connectivity index (χ1) is 10.1. The van der Waals surface area contributed by atoms with E-state index in [2.05, 4.69) is 5.16 Å². The highest BCUT2D eigenvalue weighted by atomic mass is 35.5. The van der Waals surface area contributed by atoms with Crippen molar-refractivity contribution < 1.29 is 9.32 Å². The van der Waals surface area contributed by atoms with Gasteiger partial charge in [-0.05, 0) is 44.4 Å². The third kappa shape index (κ3) is 2.95. The van der Waals surface area contributed by atoms with E-state index in [-0.39, 0.29) is 18.0 Å². The van der Waals surface area contributed by atoms with Crippen LogP contribution in [0.3, 0.4) is 0 Å². The van der Waals surface area contributed by atoms with Crippen LogP contribution in [0.2, 0.25) is 5.02 Å². The second-order valence-electron chi connectivity index (χ2n) is 5.50. The lowest BCUT2D eigenvalue weighted by Crippen LogP contribution is -2.35. The van der Waals surface area contributed by atoms with E-state index in [0.717, 1.165) is 18.4 Å². The summed E-state index contributed by atoms with van der Waals surface area (Å²) in [6.07, 6.45) is 2.08. The third-order valence-electron chi connectivity index (χ3n) is 3.78. The number of aromatic nitrogens is 1. The fourth-order valence-electron chi connectivity index (χ4n) is 2.50. The lowest BCUT2D eigenvalue weighted by atomic mass is 10.1. The SMILES string of the molecule is Cc1cc(C(=O)N(C2CC2)C(C)c2ccc(Cl)cc2)on1. The van der Waals surface area contributed by atoms with Crippen LogP contribution in [0.5, 0.6) is 0 Å². The predicted molar refractivity (Wildman–Crippen MR) is 80.3 cm³/mol. The molecule has 3 rings (SSSR count). The van der Waals surface area contributed by atoms with Crippen molar-refractivity contribution in [1.29, 1.82) is 0 Å². The average Bonchev–Trinajstić information content (AvgIpc) is 3.20. The quantitative estimate of drug-likeness (QED) is 0.857. The summed E-state index contributed by atoms with van der Waals surface area (Å²) in [7, 11) is 0. The number of carbonyl (C=O) groups excluding carboxylic acids is 1. The van der Waals surface area contributed by atoms with Gasteiger partial charge in [-0.25, -0.2) is 0 Å². The molecule has 1 aliphatic carbocycles. The number of nitrogens with zero attached hydrogens (tertiary/aromatic N) is 2. The molecule has 110 valence electrons. The number of amides is 1. The molecule has 1 aromatic heterocycles. The molecule has 1 atom stereocenters. The molecule has 0 N–H and O–H groups in total. The Bertz CT molecular complexity index is 647. The molecular formula is C16H17ClN2O2. The van der Waals surface area contributed by atoms with E-state index >= 15 is 0 Å². The van der Waals surface area contributed by atoms with Crippen molar-refractivity contribution in [2.45, 2.75) is 38.8 Å². The second-order valence-corrected chi connectivity index (χ2v) is 5.94. The second kappa shape index (κ2) is 5.53. The van der Waals surface area contributed by atoms with Crippen molar-refractivity contribution in [2.24, 2.45) is 0 Å². The zero-order valence-electron chi connectivity index (χ0n) is 12.0. The van der Waals surface area contributed by atoms with Crippen molar-refractivity contribution in [3.63, 3.8) is 0 Å². The number of benzene rings is 1. The monoisotopic (exact) mass is 304 g/mol. The molecule has 0 aliphatic heterocycles. The molecule has 1 fully saturated rings. The van der Waals surface area contributed by atoms with E-state index in [1.807, 2.05) is 43.0 Å². The smallest absolute Gasteiger partial charge is 0.293 e. The average molecular weight is 305 g/mol. The summed E-state index contributed by atoms with van der Waals surface area (Å²) in [4.78, 5) is 14.6. The number of carbonyl (C=O) groups is 1. The van der Waals surface area contributed by atoms with Gasteiger partial charge in [-0.1, -0.05) is 28.9 Å². The molecule has 1 unspecified atom stereocenters. The molecule has 5 heteroatoms. The summed E-state index contributed by atoms with van der Waals surface area (Å²) in [5.41, 5.74) is 1.78. The molecule has 2 aromatic rings. The zero-order valence-corrected chi connectivity index (χ0v) is 12.8.